The number of likely N-dealkylation sites (tertiary alicyclic amines) is 1. The topological polar surface area (TPSA) is 50.0 Å². The number of guanidine groups is 1. The van der Waals surface area contributed by atoms with Gasteiger partial charge < -0.3 is 19.4 Å². The van der Waals surface area contributed by atoms with Gasteiger partial charge in [0, 0.05) is 37.2 Å². The number of aliphatic imine (C=N–C) groups is 1. The van der Waals surface area contributed by atoms with Crippen LogP contribution in [0, 0.1) is 19.3 Å². The number of rotatable bonds is 3. The van der Waals surface area contributed by atoms with Crippen LogP contribution in [0.5, 0.6) is 0 Å². The summed E-state index contributed by atoms with van der Waals surface area (Å²) in [5.41, 5.74) is 1.53. The molecular formula is C17H27N3O2. The molecule has 3 rings (SSSR count). The van der Waals surface area contributed by atoms with Crippen LogP contribution in [0.2, 0.25) is 0 Å². The van der Waals surface area contributed by atoms with E-state index in [0.29, 0.717) is 12.0 Å². The normalized spacial score (nSPS) is 25.4. The highest BCUT2D eigenvalue weighted by Gasteiger charge is 2.42. The Morgan fingerprint density at radius 3 is 2.91 bits per heavy atom. The average molecular weight is 305 g/mol. The molecule has 2 saturated heterocycles. The van der Waals surface area contributed by atoms with Crippen LogP contribution in [-0.4, -0.2) is 43.7 Å². The Bertz CT molecular complexity index is 544. The van der Waals surface area contributed by atoms with Crippen molar-refractivity contribution in [3.05, 3.63) is 23.2 Å². The fourth-order valence-electron chi connectivity index (χ4n) is 3.51. The van der Waals surface area contributed by atoms with Crippen molar-refractivity contribution in [3.63, 3.8) is 0 Å². The fraction of sp³-hybridized carbons (Fsp3) is 0.706. The van der Waals surface area contributed by atoms with E-state index in [-0.39, 0.29) is 0 Å². The summed E-state index contributed by atoms with van der Waals surface area (Å²) < 4.78 is 11.2. The van der Waals surface area contributed by atoms with Gasteiger partial charge in [-0.1, -0.05) is 0 Å². The van der Waals surface area contributed by atoms with Gasteiger partial charge in [0.15, 0.2) is 5.96 Å². The molecular weight excluding hydrogens is 278 g/mol. The van der Waals surface area contributed by atoms with Crippen molar-refractivity contribution in [1.29, 1.82) is 0 Å². The first-order valence-corrected chi connectivity index (χ1v) is 8.29. The van der Waals surface area contributed by atoms with Gasteiger partial charge in [0.1, 0.15) is 11.5 Å². The van der Waals surface area contributed by atoms with Crippen molar-refractivity contribution >= 4 is 5.96 Å². The minimum atomic E-state index is 0.359. The van der Waals surface area contributed by atoms with E-state index in [1.165, 1.54) is 18.4 Å². The summed E-state index contributed by atoms with van der Waals surface area (Å²) in [6.07, 6.45) is 2.39. The minimum absolute atomic E-state index is 0.359. The number of hydrogen-bond donors (Lipinski definition) is 1. The molecule has 2 fully saturated rings. The summed E-state index contributed by atoms with van der Waals surface area (Å²) in [6.45, 7) is 11.6. The van der Waals surface area contributed by atoms with E-state index in [1.54, 1.807) is 0 Å². The predicted molar refractivity (Wildman–Crippen MR) is 87.1 cm³/mol. The summed E-state index contributed by atoms with van der Waals surface area (Å²) in [5, 5.41) is 3.43. The molecule has 5 nitrogen and oxygen atoms in total. The Labute approximate surface area is 132 Å². The summed E-state index contributed by atoms with van der Waals surface area (Å²) in [6, 6.07) is 2.08. The summed E-state index contributed by atoms with van der Waals surface area (Å²) in [7, 11) is 0. The molecule has 0 aliphatic carbocycles. The van der Waals surface area contributed by atoms with Gasteiger partial charge in [0.25, 0.3) is 0 Å². The second-order valence-corrected chi connectivity index (χ2v) is 6.58. The molecule has 1 spiro atoms. The molecule has 1 unspecified atom stereocenters. The van der Waals surface area contributed by atoms with Crippen LogP contribution < -0.4 is 5.32 Å². The van der Waals surface area contributed by atoms with Crippen LogP contribution in [-0.2, 0) is 11.3 Å². The molecule has 3 heterocycles. The summed E-state index contributed by atoms with van der Waals surface area (Å²) >= 11 is 0. The van der Waals surface area contributed by atoms with Gasteiger partial charge in [-0.3, -0.25) is 0 Å². The zero-order valence-electron chi connectivity index (χ0n) is 13.9. The molecule has 1 N–H and O–H groups in total. The molecule has 2 aliphatic rings. The van der Waals surface area contributed by atoms with E-state index in [4.69, 9.17) is 14.1 Å². The van der Waals surface area contributed by atoms with Crippen molar-refractivity contribution < 1.29 is 9.15 Å². The highest BCUT2D eigenvalue weighted by molar-refractivity contribution is 5.80. The van der Waals surface area contributed by atoms with Gasteiger partial charge in [-0.2, -0.15) is 0 Å². The van der Waals surface area contributed by atoms with E-state index in [1.807, 2.05) is 13.8 Å². The van der Waals surface area contributed by atoms with E-state index in [2.05, 4.69) is 23.2 Å². The first-order chi connectivity index (χ1) is 10.6. The third kappa shape index (κ3) is 3.14. The number of furan rings is 1. The number of hydrogen-bond acceptors (Lipinski definition) is 3. The maximum Gasteiger partial charge on any atom is 0.194 e. The highest BCUT2D eigenvalue weighted by Crippen LogP contribution is 2.38. The van der Waals surface area contributed by atoms with Crippen LogP contribution in [0.25, 0.3) is 0 Å². The Morgan fingerprint density at radius 1 is 1.41 bits per heavy atom. The summed E-state index contributed by atoms with van der Waals surface area (Å²) in [5.74, 6) is 2.94. The Morgan fingerprint density at radius 2 is 2.27 bits per heavy atom. The van der Waals surface area contributed by atoms with E-state index >= 15 is 0 Å². The first-order valence-electron chi connectivity index (χ1n) is 8.29. The second-order valence-electron chi connectivity index (χ2n) is 6.58. The lowest BCUT2D eigenvalue weighted by Gasteiger charge is -2.24. The standard InChI is InChI=1S/C17H27N3O2/c1-4-18-16(19-10-15-9-13(2)22-14(15)3)20-7-5-17(11-20)6-8-21-12-17/h9H,4-8,10-12H2,1-3H3,(H,18,19). The van der Waals surface area contributed by atoms with Gasteiger partial charge in [0.2, 0.25) is 0 Å². The van der Waals surface area contributed by atoms with E-state index in [0.717, 1.165) is 50.3 Å². The van der Waals surface area contributed by atoms with Crippen molar-refractivity contribution in [2.75, 3.05) is 32.8 Å². The second kappa shape index (κ2) is 6.32. The molecule has 0 saturated carbocycles. The molecule has 122 valence electrons. The molecule has 0 radical (unpaired) electrons. The third-order valence-corrected chi connectivity index (χ3v) is 4.80. The molecule has 5 heteroatoms. The lowest BCUT2D eigenvalue weighted by atomic mass is 9.87. The monoisotopic (exact) mass is 305 g/mol. The summed E-state index contributed by atoms with van der Waals surface area (Å²) in [4.78, 5) is 7.21. The molecule has 22 heavy (non-hydrogen) atoms. The quantitative estimate of drug-likeness (QED) is 0.688. The predicted octanol–water partition coefficient (Wildman–Crippen LogP) is 2.47. The largest absolute Gasteiger partial charge is 0.466 e. The van der Waals surface area contributed by atoms with Crippen molar-refractivity contribution in [2.24, 2.45) is 10.4 Å². The average Bonchev–Trinajstić information content (AvgIpc) is 3.19. The zero-order valence-corrected chi connectivity index (χ0v) is 13.9. The lowest BCUT2D eigenvalue weighted by Crippen LogP contribution is -2.41. The van der Waals surface area contributed by atoms with Crippen LogP contribution >= 0.6 is 0 Å². The van der Waals surface area contributed by atoms with Crippen molar-refractivity contribution in [2.45, 2.75) is 40.2 Å². The number of nitrogens with zero attached hydrogens (tertiary/aromatic N) is 2. The molecule has 1 aromatic rings. The number of ether oxygens (including phenoxy) is 1. The van der Waals surface area contributed by atoms with Crippen molar-refractivity contribution in [3.8, 4) is 0 Å². The molecule has 1 aromatic heterocycles. The van der Waals surface area contributed by atoms with Gasteiger partial charge in [-0.05, 0) is 39.7 Å². The number of nitrogens with one attached hydrogen (secondary N) is 1. The zero-order chi connectivity index (χ0) is 15.6. The maximum atomic E-state index is 5.62. The minimum Gasteiger partial charge on any atom is -0.466 e. The van der Waals surface area contributed by atoms with Gasteiger partial charge in [0.05, 0.1) is 13.2 Å². The van der Waals surface area contributed by atoms with Crippen LogP contribution in [0.3, 0.4) is 0 Å². The Hall–Kier alpha value is -1.49. The highest BCUT2D eigenvalue weighted by atomic mass is 16.5. The van der Waals surface area contributed by atoms with Crippen LogP contribution in [0.1, 0.15) is 36.8 Å². The first kappa shape index (κ1) is 15.4. The van der Waals surface area contributed by atoms with Gasteiger partial charge >= 0.3 is 0 Å². The van der Waals surface area contributed by atoms with Crippen LogP contribution in [0.15, 0.2) is 15.5 Å². The van der Waals surface area contributed by atoms with E-state index in [9.17, 15) is 0 Å². The maximum absolute atomic E-state index is 5.62. The SMILES string of the molecule is CCNC(=NCc1cc(C)oc1C)N1CCC2(CCOC2)C1. The Kier molecular flexibility index (Phi) is 4.43. The van der Waals surface area contributed by atoms with Gasteiger partial charge in [-0.25, -0.2) is 4.99 Å². The third-order valence-electron chi connectivity index (χ3n) is 4.80. The molecule has 1 atom stereocenters. The number of aryl methyl sites for hydroxylation is 2. The fourth-order valence-corrected chi connectivity index (χ4v) is 3.51. The molecule has 0 amide bonds. The van der Waals surface area contributed by atoms with Crippen molar-refractivity contribution in [1.82, 2.24) is 10.2 Å². The molecule has 0 aromatic carbocycles. The molecule has 0 bridgehead atoms. The lowest BCUT2D eigenvalue weighted by molar-refractivity contribution is 0.156. The Balaban J connectivity index is 1.69. The molecule has 2 aliphatic heterocycles. The smallest absolute Gasteiger partial charge is 0.194 e. The van der Waals surface area contributed by atoms with Crippen LogP contribution in [0.4, 0.5) is 0 Å². The van der Waals surface area contributed by atoms with E-state index < -0.39 is 0 Å². The van der Waals surface area contributed by atoms with Gasteiger partial charge in [-0.15, -0.1) is 0 Å².